The molecule has 1 rings (SSSR count). The van der Waals surface area contributed by atoms with Crippen LogP contribution < -0.4 is 10.2 Å². The number of nitrogens with zero attached hydrogens (tertiary/aromatic N) is 3. The minimum Gasteiger partial charge on any atom is -0.344 e. The third kappa shape index (κ3) is 5.71. The van der Waals surface area contributed by atoms with Gasteiger partial charge >= 0.3 is 0 Å². The fraction of sp³-hybridized carbons (Fsp3) is 0.600. The van der Waals surface area contributed by atoms with Crippen molar-refractivity contribution in [1.82, 2.24) is 15.5 Å². The highest BCUT2D eigenvalue weighted by Gasteiger charge is 2.10. The Bertz CT molecular complexity index is 411. The van der Waals surface area contributed by atoms with Crippen LogP contribution in [0.25, 0.3) is 0 Å². The van der Waals surface area contributed by atoms with Gasteiger partial charge in [0.25, 0.3) is 0 Å². The molecule has 0 saturated carbocycles. The molecule has 0 atom stereocenters. The molecular weight excluding hydrogens is 236 g/mol. The van der Waals surface area contributed by atoms with Gasteiger partial charge in [0.05, 0.1) is 12.2 Å². The van der Waals surface area contributed by atoms with E-state index in [9.17, 15) is 0 Å². The van der Waals surface area contributed by atoms with Gasteiger partial charge in [-0.2, -0.15) is 5.10 Å². The maximum absolute atomic E-state index is 5.37. The van der Waals surface area contributed by atoms with Crippen molar-refractivity contribution in [3.63, 3.8) is 0 Å². The molecule has 0 aliphatic heterocycles. The van der Waals surface area contributed by atoms with Gasteiger partial charge in [0.1, 0.15) is 0 Å². The normalized spacial score (nSPS) is 11.1. The summed E-state index contributed by atoms with van der Waals surface area (Å²) in [4.78, 5) is 2.06. The topological polar surface area (TPSA) is 41.0 Å². The lowest BCUT2D eigenvalue weighted by Crippen LogP contribution is -2.35. The van der Waals surface area contributed by atoms with E-state index < -0.39 is 0 Å². The van der Waals surface area contributed by atoms with Crippen LogP contribution in [0.15, 0.2) is 12.1 Å². The Morgan fingerprint density at radius 1 is 1.32 bits per heavy atom. The standard InChI is InChI=1S/C15H24N4/c1-6-10-19(11-7-2)14-9-8-13(17-18-14)12-16-15(3,4)5/h1,8-9,16H,7,10-12H2,2-5H3. The van der Waals surface area contributed by atoms with E-state index in [-0.39, 0.29) is 5.54 Å². The number of nitrogens with one attached hydrogen (secondary N) is 1. The SMILES string of the molecule is C#CCN(CCC)c1ccc(CNC(C)(C)C)nn1. The molecule has 0 unspecified atom stereocenters. The number of hydrogen-bond donors (Lipinski definition) is 1. The quantitative estimate of drug-likeness (QED) is 0.796. The van der Waals surface area contributed by atoms with Gasteiger partial charge in [0.15, 0.2) is 5.82 Å². The van der Waals surface area contributed by atoms with E-state index in [0.717, 1.165) is 31.0 Å². The predicted octanol–water partition coefficient (Wildman–Crippen LogP) is 2.21. The summed E-state index contributed by atoms with van der Waals surface area (Å²) in [6, 6.07) is 3.99. The molecule has 0 bridgehead atoms. The lowest BCUT2D eigenvalue weighted by molar-refractivity contribution is 0.420. The van der Waals surface area contributed by atoms with E-state index in [1.165, 1.54) is 0 Å². The molecule has 1 aromatic rings. The molecule has 1 heterocycles. The van der Waals surface area contributed by atoms with Crippen molar-refractivity contribution in [3.8, 4) is 12.3 Å². The first-order valence-corrected chi connectivity index (χ1v) is 6.72. The van der Waals surface area contributed by atoms with E-state index in [2.05, 4.69) is 54.0 Å². The monoisotopic (exact) mass is 260 g/mol. The summed E-state index contributed by atoms with van der Waals surface area (Å²) >= 11 is 0. The van der Waals surface area contributed by atoms with Crippen molar-refractivity contribution >= 4 is 5.82 Å². The minimum absolute atomic E-state index is 0.0814. The molecular formula is C15H24N4. The molecule has 0 fully saturated rings. The van der Waals surface area contributed by atoms with Crippen molar-refractivity contribution in [3.05, 3.63) is 17.8 Å². The maximum Gasteiger partial charge on any atom is 0.152 e. The molecule has 0 amide bonds. The molecule has 4 heteroatoms. The zero-order valence-electron chi connectivity index (χ0n) is 12.4. The summed E-state index contributed by atoms with van der Waals surface area (Å²) in [6.45, 7) is 10.7. The Hall–Kier alpha value is -1.60. The van der Waals surface area contributed by atoms with Crippen LogP contribution in [0.5, 0.6) is 0 Å². The van der Waals surface area contributed by atoms with Crippen molar-refractivity contribution in [1.29, 1.82) is 0 Å². The van der Waals surface area contributed by atoms with Gasteiger partial charge in [-0.1, -0.05) is 12.8 Å². The van der Waals surface area contributed by atoms with Gasteiger partial charge in [-0.15, -0.1) is 11.5 Å². The van der Waals surface area contributed by atoms with Crippen LogP contribution in [0.2, 0.25) is 0 Å². The lowest BCUT2D eigenvalue weighted by Gasteiger charge is -2.21. The summed E-state index contributed by atoms with van der Waals surface area (Å²) in [5, 5.41) is 11.9. The molecule has 19 heavy (non-hydrogen) atoms. The van der Waals surface area contributed by atoms with Crippen LogP contribution in [0.3, 0.4) is 0 Å². The second-order valence-corrected chi connectivity index (χ2v) is 5.61. The Morgan fingerprint density at radius 2 is 2.05 bits per heavy atom. The number of terminal acetylenes is 1. The number of anilines is 1. The maximum atomic E-state index is 5.37. The molecule has 0 aliphatic rings. The highest BCUT2D eigenvalue weighted by Crippen LogP contribution is 2.10. The third-order valence-corrected chi connectivity index (χ3v) is 2.61. The zero-order valence-corrected chi connectivity index (χ0v) is 12.4. The van der Waals surface area contributed by atoms with Gasteiger partial charge in [-0.05, 0) is 39.3 Å². The summed E-state index contributed by atoms with van der Waals surface area (Å²) in [6.07, 6.45) is 6.41. The van der Waals surface area contributed by atoms with Gasteiger partial charge in [0, 0.05) is 18.6 Å². The summed E-state index contributed by atoms with van der Waals surface area (Å²) < 4.78 is 0. The van der Waals surface area contributed by atoms with E-state index in [1.807, 2.05) is 12.1 Å². The van der Waals surface area contributed by atoms with E-state index >= 15 is 0 Å². The van der Waals surface area contributed by atoms with E-state index in [4.69, 9.17) is 6.42 Å². The number of rotatable bonds is 6. The zero-order chi connectivity index (χ0) is 14.3. The van der Waals surface area contributed by atoms with Gasteiger partial charge < -0.3 is 10.2 Å². The largest absolute Gasteiger partial charge is 0.344 e. The fourth-order valence-corrected chi connectivity index (χ4v) is 1.63. The van der Waals surface area contributed by atoms with Crippen LogP contribution in [0, 0.1) is 12.3 Å². The third-order valence-electron chi connectivity index (χ3n) is 2.61. The van der Waals surface area contributed by atoms with Gasteiger partial charge in [-0.3, -0.25) is 0 Å². The molecule has 1 N–H and O–H groups in total. The molecule has 0 saturated heterocycles. The highest BCUT2D eigenvalue weighted by atomic mass is 15.3. The first-order valence-electron chi connectivity index (χ1n) is 6.72. The predicted molar refractivity (Wildman–Crippen MR) is 80.0 cm³/mol. The van der Waals surface area contributed by atoms with Crippen LogP contribution in [-0.2, 0) is 6.54 Å². The summed E-state index contributed by atoms with van der Waals surface area (Å²) in [7, 11) is 0. The molecule has 0 radical (unpaired) electrons. The fourth-order valence-electron chi connectivity index (χ4n) is 1.63. The Morgan fingerprint density at radius 3 is 2.53 bits per heavy atom. The number of aromatic nitrogens is 2. The molecule has 0 aromatic carbocycles. The molecule has 4 nitrogen and oxygen atoms in total. The van der Waals surface area contributed by atoms with Gasteiger partial charge in [-0.25, -0.2) is 0 Å². The van der Waals surface area contributed by atoms with Crippen LogP contribution >= 0.6 is 0 Å². The van der Waals surface area contributed by atoms with Crippen LogP contribution in [0.1, 0.15) is 39.8 Å². The van der Waals surface area contributed by atoms with Crippen molar-refractivity contribution in [2.24, 2.45) is 0 Å². The average Bonchev–Trinajstić information content (AvgIpc) is 2.36. The minimum atomic E-state index is 0.0814. The van der Waals surface area contributed by atoms with E-state index in [1.54, 1.807) is 0 Å². The molecule has 104 valence electrons. The van der Waals surface area contributed by atoms with Crippen LogP contribution in [0.4, 0.5) is 5.82 Å². The summed E-state index contributed by atoms with van der Waals surface area (Å²) in [5.41, 5.74) is 1.02. The second kappa shape index (κ2) is 7.10. The Kier molecular flexibility index (Phi) is 5.78. The highest BCUT2D eigenvalue weighted by molar-refractivity contribution is 5.38. The summed E-state index contributed by atoms with van der Waals surface area (Å²) in [5.74, 6) is 3.50. The molecule has 0 aliphatic carbocycles. The first-order chi connectivity index (χ1) is 8.96. The Labute approximate surface area is 116 Å². The van der Waals surface area contributed by atoms with Crippen molar-refractivity contribution in [2.75, 3.05) is 18.0 Å². The molecule has 0 spiro atoms. The van der Waals surface area contributed by atoms with Crippen LogP contribution in [-0.4, -0.2) is 28.8 Å². The van der Waals surface area contributed by atoms with Gasteiger partial charge in [0.2, 0.25) is 0 Å². The van der Waals surface area contributed by atoms with E-state index in [0.29, 0.717) is 6.54 Å². The second-order valence-electron chi connectivity index (χ2n) is 5.61. The smallest absolute Gasteiger partial charge is 0.152 e. The average molecular weight is 260 g/mol. The van der Waals surface area contributed by atoms with Crippen molar-refractivity contribution in [2.45, 2.75) is 46.2 Å². The lowest BCUT2D eigenvalue weighted by atomic mass is 10.1. The number of hydrogen-bond acceptors (Lipinski definition) is 4. The molecule has 1 aromatic heterocycles. The Balaban J connectivity index is 2.67. The first kappa shape index (κ1) is 15.5. The van der Waals surface area contributed by atoms with Crippen molar-refractivity contribution < 1.29 is 0 Å².